The minimum atomic E-state index is -4.34. The summed E-state index contributed by atoms with van der Waals surface area (Å²) in [6.07, 6.45) is 0.187. The van der Waals surface area contributed by atoms with E-state index >= 15 is 0 Å². The van der Waals surface area contributed by atoms with Gasteiger partial charge in [-0.3, -0.25) is 13.9 Å². The Kier molecular flexibility index (Phi) is 12.1. The van der Waals surface area contributed by atoms with Crippen LogP contribution in [0.25, 0.3) is 0 Å². The largest absolute Gasteiger partial charge is 0.493 e. The van der Waals surface area contributed by atoms with E-state index in [-0.39, 0.29) is 40.2 Å². The zero-order valence-electron chi connectivity index (χ0n) is 26.6. The summed E-state index contributed by atoms with van der Waals surface area (Å²) in [4.78, 5) is 29.5. The Labute approximate surface area is 286 Å². The summed E-state index contributed by atoms with van der Waals surface area (Å²) in [7, 11) is -1.48. The molecular formula is C35H37Cl2N3O6S. The van der Waals surface area contributed by atoms with Crippen molar-refractivity contribution in [3.05, 3.63) is 118 Å². The van der Waals surface area contributed by atoms with E-state index in [0.29, 0.717) is 22.9 Å². The number of halogens is 2. The normalized spacial score (nSPS) is 11.8. The first-order chi connectivity index (χ1) is 22.5. The first-order valence-electron chi connectivity index (χ1n) is 14.8. The van der Waals surface area contributed by atoms with Crippen molar-refractivity contribution in [2.24, 2.45) is 0 Å². The van der Waals surface area contributed by atoms with Crippen LogP contribution in [0.15, 0.2) is 95.9 Å². The fourth-order valence-corrected chi connectivity index (χ4v) is 6.78. The molecule has 0 unspecified atom stereocenters. The molecule has 0 saturated heterocycles. The number of hydrogen-bond donors (Lipinski definition) is 1. The van der Waals surface area contributed by atoms with E-state index < -0.39 is 28.5 Å². The zero-order valence-corrected chi connectivity index (χ0v) is 28.9. The molecule has 2 amide bonds. The monoisotopic (exact) mass is 697 g/mol. The molecule has 0 fully saturated rings. The lowest BCUT2D eigenvalue weighted by Gasteiger charge is -2.34. The van der Waals surface area contributed by atoms with Gasteiger partial charge in [0, 0.05) is 25.6 Å². The molecule has 1 atom stereocenters. The predicted molar refractivity (Wildman–Crippen MR) is 185 cm³/mol. The number of anilines is 1. The third-order valence-corrected chi connectivity index (χ3v) is 10.0. The summed E-state index contributed by atoms with van der Waals surface area (Å²) in [5, 5.41) is 3.46. The molecule has 47 heavy (non-hydrogen) atoms. The lowest BCUT2D eigenvalue weighted by molar-refractivity contribution is -0.140. The molecule has 0 spiro atoms. The van der Waals surface area contributed by atoms with E-state index in [1.165, 1.54) is 37.3 Å². The van der Waals surface area contributed by atoms with Gasteiger partial charge in [0.15, 0.2) is 11.5 Å². The van der Waals surface area contributed by atoms with Crippen molar-refractivity contribution in [1.29, 1.82) is 0 Å². The van der Waals surface area contributed by atoms with Gasteiger partial charge in [-0.25, -0.2) is 8.42 Å². The number of amides is 2. The Morgan fingerprint density at radius 3 is 2.13 bits per heavy atom. The van der Waals surface area contributed by atoms with Gasteiger partial charge in [0.2, 0.25) is 11.8 Å². The summed E-state index contributed by atoms with van der Waals surface area (Å²) in [6, 6.07) is 24.3. The van der Waals surface area contributed by atoms with Gasteiger partial charge in [0.1, 0.15) is 12.6 Å². The highest BCUT2D eigenvalue weighted by atomic mass is 35.5. The minimum absolute atomic E-state index is 0.0392. The summed E-state index contributed by atoms with van der Waals surface area (Å²) in [6.45, 7) is 3.36. The highest BCUT2D eigenvalue weighted by Crippen LogP contribution is 2.33. The van der Waals surface area contributed by atoms with Crippen LogP contribution in [0, 0.1) is 6.92 Å². The van der Waals surface area contributed by atoms with Crippen molar-refractivity contribution in [3.8, 4) is 11.5 Å². The molecule has 0 bridgehead atoms. The van der Waals surface area contributed by atoms with Gasteiger partial charge in [-0.1, -0.05) is 77.3 Å². The fraction of sp³-hybridized carbons (Fsp3) is 0.257. The SMILES string of the molecule is CCNC(=O)[C@@H](Cc1ccccc1)N(Cc1ccc(Cl)c(Cl)c1)C(=O)CN(c1ccc(C)cc1)S(=O)(=O)c1ccc(OC)c(OC)c1. The second kappa shape index (κ2) is 16.0. The molecule has 4 rings (SSSR count). The highest BCUT2D eigenvalue weighted by Gasteiger charge is 2.35. The summed E-state index contributed by atoms with van der Waals surface area (Å²) in [5.74, 6) is -0.422. The van der Waals surface area contributed by atoms with Crippen LogP contribution in [0.3, 0.4) is 0 Å². The number of sulfonamides is 1. The van der Waals surface area contributed by atoms with Crippen LogP contribution in [0.4, 0.5) is 5.69 Å². The van der Waals surface area contributed by atoms with Gasteiger partial charge >= 0.3 is 0 Å². The Hall–Kier alpha value is -4.25. The number of carbonyl (C=O) groups excluding carboxylic acids is 2. The molecule has 4 aromatic rings. The smallest absolute Gasteiger partial charge is 0.264 e. The molecule has 0 radical (unpaired) electrons. The van der Waals surface area contributed by atoms with E-state index in [9.17, 15) is 18.0 Å². The number of hydrogen-bond acceptors (Lipinski definition) is 6. The molecule has 0 aliphatic rings. The van der Waals surface area contributed by atoms with Crippen molar-refractivity contribution in [3.63, 3.8) is 0 Å². The van der Waals surface area contributed by atoms with E-state index in [2.05, 4.69) is 5.32 Å². The third-order valence-electron chi connectivity index (χ3n) is 7.50. The van der Waals surface area contributed by atoms with Crippen molar-refractivity contribution in [2.45, 2.75) is 37.8 Å². The minimum Gasteiger partial charge on any atom is -0.493 e. The number of nitrogens with zero attached hydrogens (tertiary/aromatic N) is 2. The molecule has 0 aliphatic heterocycles. The van der Waals surface area contributed by atoms with Crippen LogP contribution in [0.1, 0.15) is 23.6 Å². The van der Waals surface area contributed by atoms with Crippen molar-refractivity contribution < 1.29 is 27.5 Å². The summed E-state index contributed by atoms with van der Waals surface area (Å²) in [5.41, 5.74) is 2.61. The second-order valence-corrected chi connectivity index (χ2v) is 13.4. The summed E-state index contributed by atoms with van der Waals surface area (Å²) >= 11 is 12.5. The quantitative estimate of drug-likeness (QED) is 0.166. The summed E-state index contributed by atoms with van der Waals surface area (Å²) < 4.78 is 40.4. The number of methoxy groups -OCH3 is 2. The van der Waals surface area contributed by atoms with E-state index in [4.69, 9.17) is 32.7 Å². The van der Waals surface area contributed by atoms with Crippen LogP contribution in [0.5, 0.6) is 11.5 Å². The predicted octanol–water partition coefficient (Wildman–Crippen LogP) is 6.29. The lowest BCUT2D eigenvalue weighted by atomic mass is 10.0. The second-order valence-electron chi connectivity index (χ2n) is 10.7. The van der Waals surface area contributed by atoms with Crippen LogP contribution >= 0.6 is 23.2 Å². The van der Waals surface area contributed by atoms with Gasteiger partial charge < -0.3 is 19.7 Å². The van der Waals surface area contributed by atoms with Crippen molar-refractivity contribution >= 4 is 50.7 Å². The van der Waals surface area contributed by atoms with E-state index in [1.54, 1.807) is 49.4 Å². The Bertz CT molecular complexity index is 1800. The van der Waals surface area contributed by atoms with Crippen molar-refractivity contribution in [1.82, 2.24) is 10.2 Å². The average molecular weight is 699 g/mol. The van der Waals surface area contributed by atoms with Gasteiger partial charge in [0.05, 0.1) is 34.8 Å². The van der Waals surface area contributed by atoms with Crippen LogP contribution in [0.2, 0.25) is 10.0 Å². The Morgan fingerprint density at radius 1 is 0.830 bits per heavy atom. The number of likely N-dealkylation sites (N-methyl/N-ethyl adjacent to an activating group) is 1. The molecule has 0 heterocycles. The number of benzene rings is 4. The van der Waals surface area contributed by atoms with Crippen molar-refractivity contribution in [2.75, 3.05) is 31.6 Å². The molecule has 12 heteroatoms. The number of ether oxygens (including phenoxy) is 2. The highest BCUT2D eigenvalue weighted by molar-refractivity contribution is 7.92. The molecule has 1 N–H and O–H groups in total. The number of aryl methyl sites for hydroxylation is 1. The van der Waals surface area contributed by atoms with Gasteiger partial charge in [-0.15, -0.1) is 0 Å². The number of carbonyl (C=O) groups is 2. The Morgan fingerprint density at radius 2 is 1.51 bits per heavy atom. The molecular weight excluding hydrogens is 661 g/mol. The average Bonchev–Trinajstić information content (AvgIpc) is 3.07. The van der Waals surface area contributed by atoms with Gasteiger partial charge in [-0.2, -0.15) is 0 Å². The van der Waals surface area contributed by atoms with Gasteiger partial charge in [0.25, 0.3) is 10.0 Å². The first kappa shape index (κ1) is 35.6. The molecule has 0 saturated carbocycles. The Balaban J connectivity index is 1.83. The van der Waals surface area contributed by atoms with Gasteiger partial charge in [-0.05, 0) is 61.4 Å². The zero-order chi connectivity index (χ0) is 34.1. The molecule has 0 aliphatic carbocycles. The van der Waals surface area contributed by atoms with Crippen LogP contribution < -0.4 is 19.1 Å². The molecule has 248 valence electrons. The maximum Gasteiger partial charge on any atom is 0.264 e. The number of nitrogens with one attached hydrogen (secondary N) is 1. The maximum absolute atomic E-state index is 14.5. The first-order valence-corrected chi connectivity index (χ1v) is 17.0. The molecule has 0 aromatic heterocycles. The lowest BCUT2D eigenvalue weighted by Crippen LogP contribution is -2.53. The van der Waals surface area contributed by atoms with E-state index in [1.807, 2.05) is 37.3 Å². The third kappa shape index (κ3) is 8.77. The maximum atomic E-state index is 14.5. The molecule has 4 aromatic carbocycles. The van der Waals surface area contributed by atoms with E-state index in [0.717, 1.165) is 15.4 Å². The topological polar surface area (TPSA) is 105 Å². The van der Waals surface area contributed by atoms with Crippen LogP contribution in [-0.4, -0.2) is 58.5 Å². The number of rotatable bonds is 14. The van der Waals surface area contributed by atoms with Crippen LogP contribution in [-0.2, 0) is 32.6 Å². The standard InChI is InChI=1S/C35H37Cl2N3O6S/c1-5-38-35(42)31(20-25-9-7-6-8-10-25)39(22-26-13-17-29(36)30(37)19-26)34(41)23-40(27-14-11-24(2)12-15-27)47(43,44)28-16-18-32(45-3)33(21-28)46-4/h6-19,21,31H,5,20,22-23H2,1-4H3,(H,38,42)/t31-/m1/s1. The molecule has 9 nitrogen and oxygen atoms in total. The fourth-order valence-electron chi connectivity index (χ4n) is 5.02.